The molecule has 2 heterocycles. The number of benzene rings is 1. The Morgan fingerprint density at radius 2 is 2.13 bits per heavy atom. The molecule has 1 fully saturated rings. The standard InChI is InChI=1S/C13H16N2/c1-2-4-13-12(3-1)10(9-15-13)5-6-11-7-8-14-11/h1-4,9,11,14-15H,5-8H2. The molecule has 2 aromatic rings. The van der Waals surface area contributed by atoms with E-state index < -0.39 is 0 Å². The van der Waals surface area contributed by atoms with Gasteiger partial charge in [-0.25, -0.2) is 0 Å². The highest BCUT2D eigenvalue weighted by molar-refractivity contribution is 5.82. The van der Waals surface area contributed by atoms with E-state index >= 15 is 0 Å². The van der Waals surface area contributed by atoms with Crippen LogP contribution in [0.15, 0.2) is 30.5 Å². The van der Waals surface area contributed by atoms with Crippen LogP contribution in [0.3, 0.4) is 0 Å². The summed E-state index contributed by atoms with van der Waals surface area (Å²) in [6.45, 7) is 1.21. The molecular weight excluding hydrogens is 184 g/mol. The smallest absolute Gasteiger partial charge is 0.0456 e. The van der Waals surface area contributed by atoms with Crippen LogP contribution in [-0.4, -0.2) is 17.6 Å². The van der Waals surface area contributed by atoms with E-state index in [9.17, 15) is 0 Å². The van der Waals surface area contributed by atoms with E-state index in [0.29, 0.717) is 0 Å². The molecule has 2 nitrogen and oxygen atoms in total. The van der Waals surface area contributed by atoms with Crippen molar-refractivity contribution in [3.05, 3.63) is 36.0 Å². The minimum absolute atomic E-state index is 0.763. The minimum atomic E-state index is 0.763. The molecule has 0 amide bonds. The van der Waals surface area contributed by atoms with Gasteiger partial charge in [-0.1, -0.05) is 18.2 Å². The number of hydrogen-bond acceptors (Lipinski definition) is 1. The molecule has 0 bridgehead atoms. The highest BCUT2D eigenvalue weighted by Crippen LogP contribution is 2.20. The van der Waals surface area contributed by atoms with E-state index in [1.54, 1.807) is 0 Å². The summed E-state index contributed by atoms with van der Waals surface area (Å²) in [6.07, 6.45) is 5.95. The van der Waals surface area contributed by atoms with E-state index in [1.807, 2.05) is 0 Å². The van der Waals surface area contributed by atoms with Crippen LogP contribution in [0.2, 0.25) is 0 Å². The van der Waals surface area contributed by atoms with Crippen LogP contribution in [0.25, 0.3) is 10.9 Å². The van der Waals surface area contributed by atoms with Crippen molar-refractivity contribution >= 4 is 10.9 Å². The lowest BCUT2D eigenvalue weighted by molar-refractivity contribution is 0.351. The highest BCUT2D eigenvalue weighted by Gasteiger charge is 2.16. The van der Waals surface area contributed by atoms with Crippen molar-refractivity contribution in [3.63, 3.8) is 0 Å². The van der Waals surface area contributed by atoms with Crippen molar-refractivity contribution in [1.82, 2.24) is 10.3 Å². The first-order valence-electron chi connectivity index (χ1n) is 5.72. The Balaban J connectivity index is 1.78. The molecule has 78 valence electrons. The SMILES string of the molecule is c1ccc2c(CCC3CCN3)c[nH]c2c1. The molecule has 1 aromatic carbocycles. The van der Waals surface area contributed by atoms with Crippen molar-refractivity contribution < 1.29 is 0 Å². The first-order chi connectivity index (χ1) is 7.43. The van der Waals surface area contributed by atoms with Gasteiger partial charge in [0.15, 0.2) is 0 Å². The maximum absolute atomic E-state index is 3.45. The summed E-state index contributed by atoms with van der Waals surface area (Å²) >= 11 is 0. The molecule has 0 radical (unpaired) electrons. The zero-order valence-corrected chi connectivity index (χ0v) is 8.79. The average molecular weight is 200 g/mol. The number of fused-ring (bicyclic) bond motifs is 1. The Morgan fingerprint density at radius 1 is 1.27 bits per heavy atom. The van der Waals surface area contributed by atoms with Crippen LogP contribution in [-0.2, 0) is 6.42 Å². The largest absolute Gasteiger partial charge is 0.361 e. The van der Waals surface area contributed by atoms with E-state index in [4.69, 9.17) is 0 Å². The third-order valence-electron chi connectivity index (χ3n) is 3.36. The van der Waals surface area contributed by atoms with Gasteiger partial charge in [-0.05, 0) is 37.4 Å². The number of nitrogens with one attached hydrogen (secondary N) is 2. The van der Waals surface area contributed by atoms with Crippen molar-refractivity contribution in [3.8, 4) is 0 Å². The van der Waals surface area contributed by atoms with Crippen LogP contribution in [0.4, 0.5) is 0 Å². The van der Waals surface area contributed by atoms with Gasteiger partial charge < -0.3 is 10.3 Å². The Morgan fingerprint density at radius 3 is 2.93 bits per heavy atom. The second kappa shape index (κ2) is 3.70. The summed E-state index contributed by atoms with van der Waals surface area (Å²) < 4.78 is 0. The van der Waals surface area contributed by atoms with Gasteiger partial charge in [-0.3, -0.25) is 0 Å². The lowest BCUT2D eigenvalue weighted by Crippen LogP contribution is -2.42. The maximum Gasteiger partial charge on any atom is 0.0456 e. The molecule has 0 aliphatic carbocycles. The predicted molar refractivity (Wildman–Crippen MR) is 63.0 cm³/mol. The normalized spacial score (nSPS) is 20.4. The summed E-state index contributed by atoms with van der Waals surface area (Å²) in [5.41, 5.74) is 2.72. The fraction of sp³-hybridized carbons (Fsp3) is 0.385. The first kappa shape index (κ1) is 8.98. The van der Waals surface area contributed by atoms with E-state index in [0.717, 1.165) is 6.04 Å². The average Bonchev–Trinajstić information content (AvgIpc) is 2.60. The van der Waals surface area contributed by atoms with Crippen molar-refractivity contribution in [2.75, 3.05) is 6.54 Å². The Kier molecular flexibility index (Phi) is 2.22. The summed E-state index contributed by atoms with van der Waals surface area (Å²) in [6, 6.07) is 9.30. The van der Waals surface area contributed by atoms with Crippen molar-refractivity contribution in [2.24, 2.45) is 0 Å². The number of para-hydroxylation sites is 1. The molecule has 2 heteroatoms. The molecule has 2 N–H and O–H groups in total. The molecule has 0 spiro atoms. The molecule has 0 saturated carbocycles. The molecule has 15 heavy (non-hydrogen) atoms. The van der Waals surface area contributed by atoms with E-state index in [-0.39, 0.29) is 0 Å². The monoisotopic (exact) mass is 200 g/mol. The Bertz CT molecular complexity index is 454. The predicted octanol–water partition coefficient (Wildman–Crippen LogP) is 2.46. The highest BCUT2D eigenvalue weighted by atomic mass is 15.0. The molecule has 1 atom stereocenters. The van der Waals surface area contributed by atoms with Crippen LogP contribution in [0.1, 0.15) is 18.4 Å². The summed E-state index contributed by atoms with van der Waals surface area (Å²) in [4.78, 5) is 3.33. The second-order valence-electron chi connectivity index (χ2n) is 4.34. The van der Waals surface area contributed by atoms with Gasteiger partial charge >= 0.3 is 0 Å². The molecule has 1 saturated heterocycles. The number of aromatic amines is 1. The van der Waals surface area contributed by atoms with Gasteiger partial charge in [0, 0.05) is 23.1 Å². The summed E-state index contributed by atoms with van der Waals surface area (Å²) in [5.74, 6) is 0. The number of aromatic nitrogens is 1. The van der Waals surface area contributed by atoms with Gasteiger partial charge in [0.05, 0.1) is 0 Å². The van der Waals surface area contributed by atoms with Crippen LogP contribution in [0.5, 0.6) is 0 Å². The maximum atomic E-state index is 3.45. The quantitative estimate of drug-likeness (QED) is 0.782. The fourth-order valence-electron chi connectivity index (χ4n) is 2.26. The van der Waals surface area contributed by atoms with Crippen molar-refractivity contribution in [2.45, 2.75) is 25.3 Å². The van der Waals surface area contributed by atoms with Gasteiger partial charge in [0.25, 0.3) is 0 Å². The van der Waals surface area contributed by atoms with Gasteiger partial charge in [-0.15, -0.1) is 0 Å². The van der Waals surface area contributed by atoms with Gasteiger partial charge in [0.1, 0.15) is 0 Å². The molecule has 1 aliphatic rings. The fourth-order valence-corrected chi connectivity index (χ4v) is 2.26. The molecule has 1 unspecified atom stereocenters. The van der Waals surface area contributed by atoms with Crippen molar-refractivity contribution in [1.29, 1.82) is 0 Å². The minimum Gasteiger partial charge on any atom is -0.361 e. The van der Waals surface area contributed by atoms with E-state index in [2.05, 4.69) is 40.8 Å². The first-order valence-corrected chi connectivity index (χ1v) is 5.72. The topological polar surface area (TPSA) is 27.8 Å². The summed E-state index contributed by atoms with van der Waals surface area (Å²) in [7, 11) is 0. The lowest BCUT2D eigenvalue weighted by atomic mass is 9.98. The third kappa shape index (κ3) is 1.65. The third-order valence-corrected chi connectivity index (χ3v) is 3.36. The zero-order valence-electron chi connectivity index (χ0n) is 8.79. The summed E-state index contributed by atoms with van der Waals surface area (Å²) in [5, 5.41) is 4.83. The molecule has 1 aliphatic heterocycles. The van der Waals surface area contributed by atoms with Gasteiger partial charge in [-0.2, -0.15) is 0 Å². The number of rotatable bonds is 3. The zero-order chi connectivity index (χ0) is 10.1. The molecule has 3 rings (SSSR count). The van der Waals surface area contributed by atoms with E-state index in [1.165, 1.54) is 42.3 Å². The Labute approximate surface area is 89.7 Å². The van der Waals surface area contributed by atoms with Gasteiger partial charge in [0.2, 0.25) is 0 Å². The lowest BCUT2D eigenvalue weighted by Gasteiger charge is -2.27. The molecular formula is C13H16N2. The second-order valence-corrected chi connectivity index (χ2v) is 4.34. The number of H-pyrrole nitrogens is 1. The van der Waals surface area contributed by atoms with Crippen LogP contribution in [0, 0.1) is 0 Å². The molecule has 1 aromatic heterocycles. The van der Waals surface area contributed by atoms with Crippen LogP contribution >= 0.6 is 0 Å². The Hall–Kier alpha value is -1.28. The number of hydrogen-bond donors (Lipinski definition) is 2. The van der Waals surface area contributed by atoms with Crippen LogP contribution < -0.4 is 5.32 Å². The number of aryl methyl sites for hydroxylation is 1.